The molecule has 0 bridgehead atoms. The molecule has 4 nitrogen and oxygen atoms in total. The number of nitrogens with zero attached hydrogens (tertiary/aromatic N) is 2. The van der Waals surface area contributed by atoms with Crippen LogP contribution in [0.3, 0.4) is 0 Å². The van der Waals surface area contributed by atoms with E-state index in [0.29, 0.717) is 6.54 Å². The zero-order valence-electron chi connectivity index (χ0n) is 8.68. The van der Waals surface area contributed by atoms with E-state index in [1.807, 2.05) is 24.3 Å². The number of benzene rings is 1. The second-order valence-corrected chi connectivity index (χ2v) is 3.68. The number of aliphatic hydroxyl groups is 1. The van der Waals surface area contributed by atoms with Gasteiger partial charge in [-0.25, -0.2) is 4.79 Å². The first-order chi connectivity index (χ1) is 7.22. The van der Waals surface area contributed by atoms with Gasteiger partial charge in [-0.15, -0.1) is 0 Å². The van der Waals surface area contributed by atoms with Crippen LogP contribution >= 0.6 is 0 Å². The van der Waals surface area contributed by atoms with Gasteiger partial charge in [-0.3, -0.25) is 4.90 Å². The Morgan fingerprint density at radius 2 is 2.20 bits per heavy atom. The number of hydrogen-bond acceptors (Lipinski definition) is 2. The third kappa shape index (κ3) is 1.80. The standard InChI is InChI=1S/C11H14N2O2/c1-12-5-6-13(11(12)15)10-4-2-3-9(7-10)8-14/h2-4,7,14H,5-6,8H2,1H3. The highest BCUT2D eigenvalue weighted by molar-refractivity contribution is 5.93. The Morgan fingerprint density at radius 3 is 2.80 bits per heavy atom. The molecule has 80 valence electrons. The van der Waals surface area contributed by atoms with E-state index in [4.69, 9.17) is 5.11 Å². The van der Waals surface area contributed by atoms with Gasteiger partial charge in [-0.05, 0) is 17.7 Å². The predicted molar refractivity (Wildman–Crippen MR) is 57.7 cm³/mol. The van der Waals surface area contributed by atoms with Crippen molar-refractivity contribution in [1.82, 2.24) is 4.90 Å². The molecule has 0 aliphatic carbocycles. The summed E-state index contributed by atoms with van der Waals surface area (Å²) in [7, 11) is 1.79. The minimum Gasteiger partial charge on any atom is -0.392 e. The molecule has 2 amide bonds. The first-order valence-electron chi connectivity index (χ1n) is 4.95. The van der Waals surface area contributed by atoms with E-state index >= 15 is 0 Å². The van der Waals surface area contributed by atoms with E-state index in [1.54, 1.807) is 16.8 Å². The topological polar surface area (TPSA) is 43.8 Å². The molecule has 2 rings (SSSR count). The lowest BCUT2D eigenvalue weighted by molar-refractivity contribution is 0.229. The van der Waals surface area contributed by atoms with Crippen molar-refractivity contribution in [1.29, 1.82) is 0 Å². The number of rotatable bonds is 2. The van der Waals surface area contributed by atoms with Gasteiger partial charge in [-0.1, -0.05) is 12.1 Å². The van der Waals surface area contributed by atoms with Gasteiger partial charge in [0.2, 0.25) is 0 Å². The van der Waals surface area contributed by atoms with Gasteiger partial charge in [0.05, 0.1) is 6.61 Å². The Bertz CT molecular complexity index is 379. The summed E-state index contributed by atoms with van der Waals surface area (Å²) in [5, 5.41) is 9.01. The summed E-state index contributed by atoms with van der Waals surface area (Å²) in [6.07, 6.45) is 0. The summed E-state index contributed by atoms with van der Waals surface area (Å²) in [6, 6.07) is 7.44. The molecule has 0 aromatic heterocycles. The average Bonchev–Trinajstić information content (AvgIpc) is 2.60. The number of likely N-dealkylation sites (N-methyl/N-ethyl adjacent to an activating group) is 1. The van der Waals surface area contributed by atoms with Crippen LogP contribution in [-0.2, 0) is 6.61 Å². The van der Waals surface area contributed by atoms with Gasteiger partial charge in [0.15, 0.2) is 0 Å². The average molecular weight is 206 g/mol. The Hall–Kier alpha value is -1.55. The van der Waals surface area contributed by atoms with Gasteiger partial charge in [0.25, 0.3) is 0 Å². The van der Waals surface area contributed by atoms with Crippen molar-refractivity contribution in [2.45, 2.75) is 6.61 Å². The number of urea groups is 1. The molecular weight excluding hydrogens is 192 g/mol. The highest BCUT2D eigenvalue weighted by Gasteiger charge is 2.26. The number of amides is 2. The lowest BCUT2D eigenvalue weighted by Gasteiger charge is -2.16. The summed E-state index contributed by atoms with van der Waals surface area (Å²) in [5.41, 5.74) is 1.69. The van der Waals surface area contributed by atoms with Crippen molar-refractivity contribution in [3.63, 3.8) is 0 Å². The minimum absolute atomic E-state index is 0.00566. The second-order valence-electron chi connectivity index (χ2n) is 3.68. The predicted octanol–water partition coefficient (Wildman–Crippen LogP) is 1.05. The molecule has 1 saturated heterocycles. The number of carbonyl (C=O) groups excluding carboxylic acids is 1. The van der Waals surface area contributed by atoms with E-state index in [9.17, 15) is 4.79 Å². The van der Waals surface area contributed by atoms with Crippen LogP contribution in [0.15, 0.2) is 24.3 Å². The molecule has 1 heterocycles. The monoisotopic (exact) mass is 206 g/mol. The van der Waals surface area contributed by atoms with Gasteiger partial charge < -0.3 is 10.0 Å². The zero-order valence-corrected chi connectivity index (χ0v) is 8.68. The molecule has 1 aliphatic rings. The van der Waals surface area contributed by atoms with Crippen LogP contribution in [0.2, 0.25) is 0 Å². The van der Waals surface area contributed by atoms with Crippen molar-refractivity contribution >= 4 is 11.7 Å². The SMILES string of the molecule is CN1CCN(c2cccc(CO)c2)C1=O. The molecule has 15 heavy (non-hydrogen) atoms. The van der Waals surface area contributed by atoms with Crippen LogP contribution in [-0.4, -0.2) is 36.2 Å². The van der Waals surface area contributed by atoms with Crippen LogP contribution in [0.1, 0.15) is 5.56 Å². The van der Waals surface area contributed by atoms with Gasteiger partial charge in [0.1, 0.15) is 0 Å². The third-order valence-corrected chi connectivity index (χ3v) is 2.62. The van der Waals surface area contributed by atoms with Gasteiger partial charge in [-0.2, -0.15) is 0 Å². The largest absolute Gasteiger partial charge is 0.392 e. The Morgan fingerprint density at radius 1 is 1.40 bits per heavy atom. The Balaban J connectivity index is 2.26. The molecule has 1 N–H and O–H groups in total. The lowest BCUT2D eigenvalue weighted by Crippen LogP contribution is -2.29. The maximum absolute atomic E-state index is 11.7. The van der Waals surface area contributed by atoms with E-state index in [1.165, 1.54) is 0 Å². The molecule has 1 aromatic rings. The molecule has 0 unspecified atom stereocenters. The van der Waals surface area contributed by atoms with Crippen LogP contribution in [0.4, 0.5) is 10.5 Å². The third-order valence-electron chi connectivity index (χ3n) is 2.62. The fourth-order valence-electron chi connectivity index (χ4n) is 1.71. The van der Waals surface area contributed by atoms with Crippen molar-refractivity contribution in [3.05, 3.63) is 29.8 Å². The number of hydrogen-bond donors (Lipinski definition) is 1. The molecule has 4 heteroatoms. The van der Waals surface area contributed by atoms with Crippen molar-refractivity contribution in [2.75, 3.05) is 25.0 Å². The van der Waals surface area contributed by atoms with Crippen molar-refractivity contribution in [3.8, 4) is 0 Å². The van der Waals surface area contributed by atoms with E-state index < -0.39 is 0 Å². The highest BCUT2D eigenvalue weighted by Crippen LogP contribution is 2.20. The summed E-state index contributed by atoms with van der Waals surface area (Å²) in [5.74, 6) is 0. The first-order valence-corrected chi connectivity index (χ1v) is 4.95. The summed E-state index contributed by atoms with van der Waals surface area (Å²) in [6.45, 7) is 1.47. The number of anilines is 1. The quantitative estimate of drug-likeness (QED) is 0.786. The zero-order chi connectivity index (χ0) is 10.8. The number of carbonyl (C=O) groups is 1. The normalized spacial score (nSPS) is 16.3. The van der Waals surface area contributed by atoms with Gasteiger partial charge in [0, 0.05) is 25.8 Å². The minimum atomic E-state index is 0.00566. The molecular formula is C11H14N2O2. The molecule has 0 spiro atoms. The molecule has 0 atom stereocenters. The van der Waals surface area contributed by atoms with Crippen LogP contribution in [0.5, 0.6) is 0 Å². The summed E-state index contributed by atoms with van der Waals surface area (Å²) < 4.78 is 0. The molecule has 0 radical (unpaired) electrons. The van der Waals surface area contributed by atoms with Crippen molar-refractivity contribution in [2.24, 2.45) is 0 Å². The van der Waals surface area contributed by atoms with E-state index in [-0.39, 0.29) is 12.6 Å². The molecule has 0 saturated carbocycles. The molecule has 1 fully saturated rings. The van der Waals surface area contributed by atoms with Crippen LogP contribution in [0.25, 0.3) is 0 Å². The van der Waals surface area contributed by atoms with E-state index in [2.05, 4.69) is 0 Å². The lowest BCUT2D eigenvalue weighted by atomic mass is 10.2. The second kappa shape index (κ2) is 3.90. The van der Waals surface area contributed by atoms with Crippen LogP contribution < -0.4 is 4.90 Å². The molecule has 1 aliphatic heterocycles. The fraction of sp³-hybridized carbons (Fsp3) is 0.364. The maximum Gasteiger partial charge on any atom is 0.324 e. The van der Waals surface area contributed by atoms with Crippen LogP contribution in [0, 0.1) is 0 Å². The fourth-order valence-corrected chi connectivity index (χ4v) is 1.71. The van der Waals surface area contributed by atoms with Crippen molar-refractivity contribution < 1.29 is 9.90 Å². The van der Waals surface area contributed by atoms with Gasteiger partial charge >= 0.3 is 6.03 Å². The Labute approximate surface area is 88.7 Å². The Kier molecular flexibility index (Phi) is 2.60. The first kappa shape index (κ1) is 9.98. The molecule has 1 aromatic carbocycles. The smallest absolute Gasteiger partial charge is 0.324 e. The summed E-state index contributed by atoms with van der Waals surface area (Å²) in [4.78, 5) is 15.1. The van der Waals surface area contributed by atoms with E-state index in [0.717, 1.165) is 17.8 Å². The summed E-state index contributed by atoms with van der Waals surface area (Å²) >= 11 is 0. The number of aliphatic hydroxyl groups excluding tert-OH is 1. The maximum atomic E-state index is 11.7. The highest BCUT2D eigenvalue weighted by atomic mass is 16.3.